The van der Waals surface area contributed by atoms with Gasteiger partial charge in [-0.2, -0.15) is 0 Å². The maximum Gasteiger partial charge on any atom is 0.241 e. The molecule has 0 unspecified atom stereocenters. The molecule has 1 fully saturated rings. The van der Waals surface area contributed by atoms with Crippen LogP contribution in [-0.2, 0) is 14.8 Å². The van der Waals surface area contributed by atoms with Gasteiger partial charge >= 0.3 is 0 Å². The van der Waals surface area contributed by atoms with Gasteiger partial charge in [0.2, 0.25) is 15.9 Å². The van der Waals surface area contributed by atoms with E-state index in [0.717, 1.165) is 23.6 Å². The predicted molar refractivity (Wildman–Crippen MR) is 103 cm³/mol. The van der Waals surface area contributed by atoms with Crippen molar-refractivity contribution >= 4 is 21.6 Å². The first kappa shape index (κ1) is 20.1. The van der Waals surface area contributed by atoms with Crippen molar-refractivity contribution in [2.45, 2.75) is 4.90 Å². The van der Waals surface area contributed by atoms with Crippen LogP contribution in [0, 0.1) is 5.82 Å². The summed E-state index contributed by atoms with van der Waals surface area (Å²) in [4.78, 5) is 15.9. The van der Waals surface area contributed by atoms with Crippen LogP contribution < -0.4 is 14.4 Å². The van der Waals surface area contributed by atoms with E-state index < -0.39 is 15.8 Å². The van der Waals surface area contributed by atoms with E-state index >= 15 is 0 Å². The van der Waals surface area contributed by atoms with Crippen molar-refractivity contribution in [3.63, 3.8) is 0 Å². The number of benzene rings is 2. The molecule has 0 saturated carbocycles. The Morgan fingerprint density at radius 2 is 1.82 bits per heavy atom. The van der Waals surface area contributed by atoms with Gasteiger partial charge in [0.15, 0.2) is 0 Å². The highest BCUT2D eigenvalue weighted by atomic mass is 32.2. The standard InChI is InChI=1S/C19H22FN3O4S/c1-27-18-8-3-2-7-17(18)22-9-11-23(12-10-22)19(24)14-21-28(25,26)16-6-4-5-15(20)13-16/h2-8,13,21H,9-12,14H2,1H3. The Hall–Kier alpha value is -2.65. The minimum atomic E-state index is -3.94. The number of nitrogens with one attached hydrogen (secondary N) is 1. The Bertz CT molecular complexity index is 944. The SMILES string of the molecule is COc1ccccc1N1CCN(C(=O)CNS(=O)(=O)c2cccc(F)c2)CC1. The zero-order chi connectivity index (χ0) is 20.1. The third-order valence-corrected chi connectivity index (χ3v) is 5.98. The van der Waals surface area contributed by atoms with E-state index in [1.807, 2.05) is 24.3 Å². The zero-order valence-electron chi connectivity index (χ0n) is 15.5. The molecule has 3 rings (SSSR count). The molecule has 0 atom stereocenters. The lowest BCUT2D eigenvalue weighted by molar-refractivity contribution is -0.130. The average molecular weight is 407 g/mol. The number of carbonyl (C=O) groups is 1. The number of para-hydroxylation sites is 2. The van der Waals surface area contributed by atoms with Crippen LogP contribution in [0.4, 0.5) is 10.1 Å². The summed E-state index contributed by atoms with van der Waals surface area (Å²) in [6.07, 6.45) is 0. The Labute approximate surface area is 163 Å². The number of rotatable bonds is 6. The van der Waals surface area contributed by atoms with E-state index in [4.69, 9.17) is 4.74 Å². The van der Waals surface area contributed by atoms with E-state index in [9.17, 15) is 17.6 Å². The van der Waals surface area contributed by atoms with Crippen molar-refractivity contribution in [1.82, 2.24) is 9.62 Å². The smallest absolute Gasteiger partial charge is 0.241 e. The third-order valence-electron chi connectivity index (χ3n) is 4.58. The van der Waals surface area contributed by atoms with Crippen LogP contribution in [0.15, 0.2) is 53.4 Å². The summed E-state index contributed by atoms with van der Waals surface area (Å²) >= 11 is 0. The van der Waals surface area contributed by atoms with Gasteiger partial charge in [-0.1, -0.05) is 18.2 Å². The van der Waals surface area contributed by atoms with Gasteiger partial charge in [0, 0.05) is 26.2 Å². The molecule has 2 aromatic rings. The summed E-state index contributed by atoms with van der Waals surface area (Å²) in [5.74, 6) is -0.202. The first-order valence-corrected chi connectivity index (χ1v) is 10.3. The molecule has 9 heteroatoms. The van der Waals surface area contributed by atoms with Crippen LogP contribution in [-0.4, -0.2) is 59.1 Å². The molecule has 150 valence electrons. The highest BCUT2D eigenvalue weighted by molar-refractivity contribution is 7.89. The fraction of sp³-hybridized carbons (Fsp3) is 0.316. The van der Waals surface area contributed by atoms with Crippen LogP contribution in [0.3, 0.4) is 0 Å². The summed E-state index contributed by atoms with van der Waals surface area (Å²) in [5.41, 5.74) is 0.962. The lowest BCUT2D eigenvalue weighted by atomic mass is 10.2. The van der Waals surface area contributed by atoms with Gasteiger partial charge in [-0.15, -0.1) is 0 Å². The Morgan fingerprint density at radius 1 is 1.11 bits per heavy atom. The number of methoxy groups -OCH3 is 1. The molecule has 2 aromatic carbocycles. The van der Waals surface area contributed by atoms with Crippen LogP contribution in [0.25, 0.3) is 0 Å². The molecule has 1 amide bonds. The van der Waals surface area contributed by atoms with Crippen molar-refractivity contribution in [3.8, 4) is 5.75 Å². The summed E-state index contributed by atoms with van der Waals surface area (Å²) in [6, 6.07) is 12.3. The van der Waals surface area contributed by atoms with Crippen molar-refractivity contribution in [1.29, 1.82) is 0 Å². The number of amides is 1. The minimum Gasteiger partial charge on any atom is -0.495 e. The average Bonchev–Trinajstić information content (AvgIpc) is 2.72. The van der Waals surface area contributed by atoms with Crippen LogP contribution in [0.5, 0.6) is 5.75 Å². The first-order valence-electron chi connectivity index (χ1n) is 8.82. The predicted octanol–water partition coefficient (Wildman–Crippen LogP) is 1.46. The number of hydrogen-bond donors (Lipinski definition) is 1. The van der Waals surface area contributed by atoms with E-state index in [1.54, 1.807) is 12.0 Å². The van der Waals surface area contributed by atoms with Gasteiger partial charge in [-0.25, -0.2) is 17.5 Å². The Balaban J connectivity index is 1.55. The van der Waals surface area contributed by atoms with Gasteiger partial charge in [-0.3, -0.25) is 4.79 Å². The number of halogens is 1. The lowest BCUT2D eigenvalue weighted by Gasteiger charge is -2.36. The van der Waals surface area contributed by atoms with Crippen molar-refractivity contribution in [3.05, 3.63) is 54.3 Å². The quantitative estimate of drug-likeness (QED) is 0.785. The van der Waals surface area contributed by atoms with Crippen molar-refractivity contribution in [2.24, 2.45) is 0 Å². The largest absolute Gasteiger partial charge is 0.495 e. The lowest BCUT2D eigenvalue weighted by Crippen LogP contribution is -2.51. The second kappa shape index (κ2) is 8.57. The Morgan fingerprint density at radius 3 is 2.50 bits per heavy atom. The summed E-state index contributed by atoms with van der Waals surface area (Å²) in [7, 11) is -2.33. The fourth-order valence-corrected chi connectivity index (χ4v) is 4.08. The van der Waals surface area contributed by atoms with Crippen LogP contribution in [0.2, 0.25) is 0 Å². The number of ether oxygens (including phenoxy) is 1. The monoisotopic (exact) mass is 407 g/mol. The van der Waals surface area contributed by atoms with E-state index in [0.29, 0.717) is 26.2 Å². The molecule has 1 aliphatic heterocycles. The van der Waals surface area contributed by atoms with E-state index in [2.05, 4.69) is 9.62 Å². The molecule has 0 aliphatic carbocycles. The summed E-state index contributed by atoms with van der Waals surface area (Å²) in [6.45, 7) is 1.80. The number of hydrogen-bond acceptors (Lipinski definition) is 5. The normalized spacial score (nSPS) is 14.8. The molecule has 1 N–H and O–H groups in total. The molecule has 0 radical (unpaired) electrons. The van der Waals surface area contributed by atoms with Gasteiger partial charge in [-0.05, 0) is 30.3 Å². The van der Waals surface area contributed by atoms with Gasteiger partial charge in [0.25, 0.3) is 0 Å². The highest BCUT2D eigenvalue weighted by Gasteiger charge is 2.24. The van der Waals surface area contributed by atoms with Gasteiger partial charge in [0.05, 0.1) is 24.2 Å². The van der Waals surface area contributed by atoms with Gasteiger partial charge in [0.1, 0.15) is 11.6 Å². The first-order chi connectivity index (χ1) is 13.4. The topological polar surface area (TPSA) is 79.0 Å². The number of sulfonamides is 1. The summed E-state index contributed by atoms with van der Waals surface area (Å²) in [5, 5.41) is 0. The molecule has 0 aromatic heterocycles. The van der Waals surface area contributed by atoms with E-state index in [-0.39, 0.29) is 17.3 Å². The van der Waals surface area contributed by atoms with Gasteiger partial charge < -0.3 is 14.5 Å². The molecule has 1 saturated heterocycles. The van der Waals surface area contributed by atoms with Crippen LogP contribution >= 0.6 is 0 Å². The molecule has 28 heavy (non-hydrogen) atoms. The fourth-order valence-electron chi connectivity index (χ4n) is 3.07. The molecule has 7 nitrogen and oxygen atoms in total. The highest BCUT2D eigenvalue weighted by Crippen LogP contribution is 2.28. The third kappa shape index (κ3) is 4.60. The molecule has 1 heterocycles. The maximum absolute atomic E-state index is 13.2. The summed E-state index contributed by atoms with van der Waals surface area (Å²) < 4.78 is 45.3. The second-order valence-electron chi connectivity index (χ2n) is 6.32. The number of carbonyl (C=O) groups excluding carboxylic acids is 1. The minimum absolute atomic E-state index is 0.207. The van der Waals surface area contributed by atoms with Crippen molar-refractivity contribution < 1.29 is 22.3 Å². The van der Waals surface area contributed by atoms with Crippen LogP contribution in [0.1, 0.15) is 0 Å². The molecular formula is C19H22FN3O4S. The number of piperazine rings is 1. The maximum atomic E-state index is 13.2. The molecule has 0 bridgehead atoms. The zero-order valence-corrected chi connectivity index (χ0v) is 16.3. The number of nitrogens with zero attached hydrogens (tertiary/aromatic N) is 2. The Kier molecular flexibility index (Phi) is 6.15. The van der Waals surface area contributed by atoms with Crippen molar-refractivity contribution in [2.75, 3.05) is 44.7 Å². The second-order valence-corrected chi connectivity index (χ2v) is 8.09. The van der Waals surface area contributed by atoms with E-state index in [1.165, 1.54) is 12.1 Å². The number of anilines is 1. The molecular weight excluding hydrogens is 385 g/mol. The molecule has 0 spiro atoms. The molecule has 1 aliphatic rings.